The van der Waals surface area contributed by atoms with Crippen LogP contribution in [0.2, 0.25) is 0 Å². The Morgan fingerprint density at radius 3 is 2.28 bits per heavy atom. The van der Waals surface area contributed by atoms with E-state index in [9.17, 15) is 9.59 Å². The van der Waals surface area contributed by atoms with Crippen molar-refractivity contribution in [3.63, 3.8) is 0 Å². The Kier molecular flexibility index (Phi) is 7.67. The van der Waals surface area contributed by atoms with Crippen molar-refractivity contribution in [1.29, 1.82) is 0 Å². The number of carboxylic acids is 1. The van der Waals surface area contributed by atoms with Crippen LogP contribution in [0.4, 0.5) is 0 Å². The maximum absolute atomic E-state index is 12.6. The monoisotopic (exact) mass is 402 g/mol. The number of hydrogen-bond donors (Lipinski definition) is 2. The zero-order valence-corrected chi connectivity index (χ0v) is 17.4. The van der Waals surface area contributed by atoms with Crippen LogP contribution in [-0.4, -0.2) is 47.6 Å². The minimum absolute atomic E-state index is 0.0471. The molecule has 2 saturated carbocycles. The molecule has 1 atom stereocenters. The summed E-state index contributed by atoms with van der Waals surface area (Å²) in [5.74, 6) is 0.0914. The second kappa shape index (κ2) is 10.2. The number of carboxylic acid groups (broad SMARTS) is 1. The first-order valence-corrected chi connectivity index (χ1v) is 10.8. The van der Waals surface area contributed by atoms with Gasteiger partial charge in [0.2, 0.25) is 5.91 Å². The second-order valence-corrected chi connectivity index (χ2v) is 8.74. The molecule has 0 saturated heterocycles. The maximum atomic E-state index is 12.6. The predicted molar refractivity (Wildman–Crippen MR) is 111 cm³/mol. The highest BCUT2D eigenvalue weighted by Gasteiger charge is 2.34. The van der Waals surface area contributed by atoms with Crippen LogP contribution in [0.15, 0.2) is 24.3 Å². The molecule has 2 aliphatic carbocycles. The molecule has 0 aliphatic heterocycles. The van der Waals surface area contributed by atoms with Gasteiger partial charge in [0, 0.05) is 19.7 Å². The van der Waals surface area contributed by atoms with Crippen LogP contribution in [0.5, 0.6) is 0 Å². The fourth-order valence-electron chi connectivity index (χ4n) is 4.38. The van der Waals surface area contributed by atoms with Crippen LogP contribution < -0.4 is 5.73 Å². The van der Waals surface area contributed by atoms with Gasteiger partial charge in [-0.25, -0.2) is 0 Å². The molecule has 1 aromatic carbocycles. The Bertz CT molecular complexity index is 679. The molecule has 0 spiro atoms. The van der Waals surface area contributed by atoms with Gasteiger partial charge in [-0.05, 0) is 67.9 Å². The molecule has 1 unspecified atom stereocenters. The molecule has 1 aromatic rings. The zero-order chi connectivity index (χ0) is 20.8. The average molecular weight is 403 g/mol. The summed E-state index contributed by atoms with van der Waals surface area (Å²) in [7, 11) is 1.90. The SMILES string of the molecule is CN(C(=O)C(N)C1CCC(COCc2ccc(CC(=O)O)cc2)CC1)C1CCC1. The van der Waals surface area contributed by atoms with E-state index >= 15 is 0 Å². The summed E-state index contributed by atoms with van der Waals surface area (Å²) in [5, 5.41) is 8.82. The van der Waals surface area contributed by atoms with Crippen molar-refractivity contribution in [2.45, 2.75) is 70.1 Å². The minimum atomic E-state index is -0.819. The summed E-state index contributed by atoms with van der Waals surface area (Å²) < 4.78 is 5.89. The molecular formula is C23H34N2O4. The fraction of sp³-hybridized carbons (Fsp3) is 0.652. The molecule has 6 heteroatoms. The second-order valence-electron chi connectivity index (χ2n) is 8.74. The van der Waals surface area contributed by atoms with Gasteiger partial charge in [-0.3, -0.25) is 9.59 Å². The summed E-state index contributed by atoms with van der Waals surface area (Å²) in [5.41, 5.74) is 8.17. The van der Waals surface area contributed by atoms with Gasteiger partial charge in [0.25, 0.3) is 0 Å². The lowest BCUT2D eigenvalue weighted by atomic mass is 9.78. The van der Waals surface area contributed by atoms with E-state index in [1.807, 2.05) is 36.2 Å². The quantitative estimate of drug-likeness (QED) is 0.662. The van der Waals surface area contributed by atoms with Crippen molar-refractivity contribution in [3.05, 3.63) is 35.4 Å². The lowest BCUT2D eigenvalue weighted by Crippen LogP contribution is -2.52. The van der Waals surface area contributed by atoms with E-state index in [-0.39, 0.29) is 24.3 Å². The highest BCUT2D eigenvalue weighted by molar-refractivity contribution is 5.82. The predicted octanol–water partition coefficient (Wildman–Crippen LogP) is 2.97. The molecule has 3 N–H and O–H groups in total. The largest absolute Gasteiger partial charge is 0.481 e. The first-order valence-electron chi connectivity index (χ1n) is 10.8. The first kappa shape index (κ1) is 21.8. The van der Waals surface area contributed by atoms with E-state index in [2.05, 4.69) is 0 Å². The van der Waals surface area contributed by atoms with Gasteiger partial charge < -0.3 is 20.5 Å². The molecule has 0 aromatic heterocycles. The number of aliphatic carboxylic acids is 1. The molecular weight excluding hydrogens is 368 g/mol. The average Bonchev–Trinajstić information content (AvgIpc) is 2.67. The number of nitrogens with zero attached hydrogens (tertiary/aromatic N) is 1. The van der Waals surface area contributed by atoms with Crippen molar-refractivity contribution in [2.24, 2.45) is 17.6 Å². The molecule has 1 amide bonds. The number of rotatable bonds is 9. The van der Waals surface area contributed by atoms with E-state index < -0.39 is 5.97 Å². The van der Waals surface area contributed by atoms with Crippen LogP contribution in [0.25, 0.3) is 0 Å². The molecule has 0 radical (unpaired) electrons. The van der Waals surface area contributed by atoms with Gasteiger partial charge >= 0.3 is 5.97 Å². The molecule has 0 bridgehead atoms. The van der Waals surface area contributed by atoms with Crippen molar-refractivity contribution >= 4 is 11.9 Å². The van der Waals surface area contributed by atoms with Crippen molar-refractivity contribution in [3.8, 4) is 0 Å². The van der Waals surface area contributed by atoms with Gasteiger partial charge in [0.05, 0.1) is 19.1 Å². The number of carbonyl (C=O) groups is 2. The van der Waals surface area contributed by atoms with Gasteiger partial charge in [0.1, 0.15) is 0 Å². The van der Waals surface area contributed by atoms with E-state index in [1.54, 1.807) is 0 Å². The van der Waals surface area contributed by atoms with Gasteiger partial charge in [-0.1, -0.05) is 24.3 Å². The van der Waals surface area contributed by atoms with Crippen LogP contribution in [0.1, 0.15) is 56.1 Å². The smallest absolute Gasteiger partial charge is 0.307 e. The molecule has 6 nitrogen and oxygen atoms in total. The van der Waals surface area contributed by atoms with E-state index in [1.165, 1.54) is 6.42 Å². The van der Waals surface area contributed by atoms with Gasteiger partial charge in [-0.15, -0.1) is 0 Å². The Morgan fingerprint density at radius 2 is 1.72 bits per heavy atom. The zero-order valence-electron chi connectivity index (χ0n) is 17.4. The summed E-state index contributed by atoms with van der Waals surface area (Å²) in [4.78, 5) is 25.2. The van der Waals surface area contributed by atoms with E-state index in [0.29, 0.717) is 18.6 Å². The summed E-state index contributed by atoms with van der Waals surface area (Å²) in [6, 6.07) is 7.58. The van der Waals surface area contributed by atoms with Crippen LogP contribution in [0.3, 0.4) is 0 Å². The molecule has 2 aliphatic rings. The van der Waals surface area contributed by atoms with Gasteiger partial charge in [0.15, 0.2) is 0 Å². The summed E-state index contributed by atoms with van der Waals surface area (Å²) >= 11 is 0. The normalized spacial score (nSPS) is 23.2. The number of hydrogen-bond acceptors (Lipinski definition) is 4. The standard InChI is InChI=1S/C23H34N2O4/c1-25(20-3-2-4-20)23(28)22(24)19-11-9-18(10-12-19)15-29-14-17-7-5-16(6-8-17)13-21(26)27/h5-8,18-20,22H,2-4,9-15,24H2,1H3,(H,26,27). The highest BCUT2D eigenvalue weighted by Crippen LogP contribution is 2.32. The first-order chi connectivity index (χ1) is 13.9. The Hall–Kier alpha value is -1.92. The third-order valence-electron chi connectivity index (χ3n) is 6.66. The maximum Gasteiger partial charge on any atom is 0.307 e. The molecule has 160 valence electrons. The summed E-state index contributed by atoms with van der Waals surface area (Å²) in [6.45, 7) is 1.26. The Balaban J connectivity index is 1.35. The molecule has 0 heterocycles. The third-order valence-corrected chi connectivity index (χ3v) is 6.66. The van der Waals surface area contributed by atoms with Crippen LogP contribution in [-0.2, 0) is 27.4 Å². The lowest BCUT2D eigenvalue weighted by Gasteiger charge is -2.38. The highest BCUT2D eigenvalue weighted by atomic mass is 16.5. The van der Waals surface area contributed by atoms with Crippen LogP contribution >= 0.6 is 0 Å². The van der Waals surface area contributed by atoms with Crippen LogP contribution in [0, 0.1) is 11.8 Å². The summed E-state index contributed by atoms with van der Waals surface area (Å²) in [6.07, 6.45) is 7.57. The number of nitrogens with two attached hydrogens (primary N) is 1. The van der Waals surface area contributed by atoms with E-state index in [0.717, 1.165) is 56.3 Å². The number of carbonyl (C=O) groups excluding carboxylic acids is 1. The third kappa shape index (κ3) is 6.03. The Labute approximate surface area is 173 Å². The van der Waals surface area contributed by atoms with Crippen molar-refractivity contribution < 1.29 is 19.4 Å². The Morgan fingerprint density at radius 1 is 1.10 bits per heavy atom. The number of benzene rings is 1. The topological polar surface area (TPSA) is 92.9 Å². The number of ether oxygens (including phenoxy) is 1. The van der Waals surface area contributed by atoms with Crippen molar-refractivity contribution in [1.82, 2.24) is 4.90 Å². The van der Waals surface area contributed by atoms with Gasteiger partial charge in [-0.2, -0.15) is 0 Å². The molecule has 3 rings (SSSR count). The van der Waals surface area contributed by atoms with E-state index in [4.69, 9.17) is 15.6 Å². The van der Waals surface area contributed by atoms with Crippen molar-refractivity contribution in [2.75, 3.05) is 13.7 Å². The molecule has 29 heavy (non-hydrogen) atoms. The number of likely N-dealkylation sites (N-methyl/N-ethyl adjacent to an activating group) is 1. The fourth-order valence-corrected chi connectivity index (χ4v) is 4.38. The molecule has 2 fully saturated rings. The number of amides is 1. The lowest BCUT2D eigenvalue weighted by molar-refractivity contribution is -0.137. The minimum Gasteiger partial charge on any atom is -0.481 e.